The molecule has 5 heteroatoms. The summed E-state index contributed by atoms with van der Waals surface area (Å²) < 4.78 is 0. The fraction of sp³-hybridized carbons (Fsp3) is 0.600. The second-order valence-corrected chi connectivity index (χ2v) is 4.18. The lowest BCUT2D eigenvalue weighted by atomic mass is 10.2. The van der Waals surface area contributed by atoms with E-state index in [-0.39, 0.29) is 5.69 Å². The van der Waals surface area contributed by atoms with E-state index in [1.165, 1.54) is 30.6 Å². The molecular formula is C10H16N2O2S. The van der Waals surface area contributed by atoms with E-state index in [2.05, 4.69) is 17.2 Å². The Bertz CT molecular complexity index is 312. The Balaban J connectivity index is 2.31. The fourth-order valence-electron chi connectivity index (χ4n) is 1.28. The number of rotatable bonds is 7. The van der Waals surface area contributed by atoms with Gasteiger partial charge in [0.05, 0.1) is 5.51 Å². The first kappa shape index (κ1) is 12.0. The van der Waals surface area contributed by atoms with Crippen LogP contribution in [0.3, 0.4) is 0 Å². The van der Waals surface area contributed by atoms with E-state index in [4.69, 9.17) is 5.11 Å². The third-order valence-corrected chi connectivity index (χ3v) is 2.87. The van der Waals surface area contributed by atoms with Gasteiger partial charge in [0.15, 0.2) is 5.69 Å². The van der Waals surface area contributed by atoms with E-state index in [1.54, 1.807) is 5.51 Å². The molecule has 1 aromatic heterocycles. The van der Waals surface area contributed by atoms with Crippen LogP contribution < -0.4 is 5.32 Å². The maximum atomic E-state index is 10.7. The standard InChI is InChI=1S/C10H16N2O2S/c1-2-3-4-5-6-11-9-8(10(13)14)12-7-15-9/h7,11H,2-6H2,1H3,(H,13,14). The molecule has 0 aliphatic rings. The van der Waals surface area contributed by atoms with Crippen LogP contribution in [0.2, 0.25) is 0 Å². The Morgan fingerprint density at radius 3 is 3.00 bits per heavy atom. The van der Waals surface area contributed by atoms with Crippen molar-refractivity contribution in [2.45, 2.75) is 32.6 Å². The average molecular weight is 228 g/mol. The van der Waals surface area contributed by atoms with Crippen LogP contribution in [0.5, 0.6) is 0 Å². The number of carbonyl (C=O) groups is 1. The van der Waals surface area contributed by atoms with Gasteiger partial charge in [0.2, 0.25) is 0 Å². The summed E-state index contributed by atoms with van der Waals surface area (Å²) in [4.78, 5) is 14.5. The normalized spacial score (nSPS) is 10.2. The molecular weight excluding hydrogens is 212 g/mol. The molecule has 0 bridgehead atoms. The maximum absolute atomic E-state index is 10.7. The number of anilines is 1. The minimum atomic E-state index is -0.965. The van der Waals surface area contributed by atoms with E-state index in [1.807, 2.05) is 0 Å². The van der Waals surface area contributed by atoms with Crippen LogP contribution in [0.1, 0.15) is 43.1 Å². The highest BCUT2D eigenvalue weighted by molar-refractivity contribution is 7.14. The van der Waals surface area contributed by atoms with Crippen LogP contribution in [0.4, 0.5) is 5.00 Å². The van der Waals surface area contributed by atoms with Crippen LogP contribution in [-0.4, -0.2) is 22.6 Å². The first-order valence-electron chi connectivity index (χ1n) is 5.16. The van der Waals surface area contributed by atoms with Crippen molar-refractivity contribution < 1.29 is 9.90 Å². The number of hydrogen-bond donors (Lipinski definition) is 2. The molecule has 15 heavy (non-hydrogen) atoms. The molecule has 0 unspecified atom stereocenters. The predicted molar refractivity (Wildman–Crippen MR) is 61.7 cm³/mol. The Morgan fingerprint density at radius 2 is 2.33 bits per heavy atom. The van der Waals surface area contributed by atoms with Crippen LogP contribution in [0, 0.1) is 0 Å². The number of nitrogens with one attached hydrogen (secondary N) is 1. The van der Waals surface area contributed by atoms with Gasteiger partial charge >= 0.3 is 5.97 Å². The van der Waals surface area contributed by atoms with Crippen molar-refractivity contribution in [3.63, 3.8) is 0 Å². The zero-order chi connectivity index (χ0) is 11.1. The van der Waals surface area contributed by atoms with E-state index in [0.717, 1.165) is 13.0 Å². The lowest BCUT2D eigenvalue weighted by Crippen LogP contribution is -2.05. The highest BCUT2D eigenvalue weighted by Gasteiger charge is 2.12. The maximum Gasteiger partial charge on any atom is 0.357 e. The summed E-state index contributed by atoms with van der Waals surface area (Å²) >= 11 is 1.34. The highest BCUT2D eigenvalue weighted by Crippen LogP contribution is 2.19. The second-order valence-electron chi connectivity index (χ2n) is 3.32. The molecule has 2 N–H and O–H groups in total. The molecule has 0 radical (unpaired) electrons. The molecule has 0 aromatic carbocycles. The van der Waals surface area contributed by atoms with E-state index in [0.29, 0.717) is 5.00 Å². The Hall–Kier alpha value is -1.10. The van der Waals surface area contributed by atoms with Crippen molar-refractivity contribution in [1.82, 2.24) is 4.98 Å². The van der Waals surface area contributed by atoms with Crippen molar-refractivity contribution in [2.75, 3.05) is 11.9 Å². The number of thiazole rings is 1. The summed E-state index contributed by atoms with van der Waals surface area (Å²) in [6, 6.07) is 0. The lowest BCUT2D eigenvalue weighted by molar-refractivity contribution is 0.0692. The van der Waals surface area contributed by atoms with Gasteiger partial charge in [0.1, 0.15) is 5.00 Å². The Morgan fingerprint density at radius 1 is 1.53 bits per heavy atom. The molecule has 0 aliphatic carbocycles. The minimum absolute atomic E-state index is 0.135. The Labute approximate surface area is 93.4 Å². The molecule has 84 valence electrons. The second kappa shape index (κ2) is 6.40. The van der Waals surface area contributed by atoms with E-state index in [9.17, 15) is 4.79 Å². The van der Waals surface area contributed by atoms with Crippen molar-refractivity contribution in [2.24, 2.45) is 0 Å². The zero-order valence-electron chi connectivity index (χ0n) is 8.82. The summed E-state index contributed by atoms with van der Waals surface area (Å²) in [5.41, 5.74) is 1.69. The lowest BCUT2D eigenvalue weighted by Gasteiger charge is -2.03. The monoisotopic (exact) mass is 228 g/mol. The van der Waals surface area contributed by atoms with Crippen LogP contribution in [0.15, 0.2) is 5.51 Å². The largest absolute Gasteiger partial charge is 0.476 e. The zero-order valence-corrected chi connectivity index (χ0v) is 9.64. The van der Waals surface area contributed by atoms with Gasteiger partial charge in [-0.1, -0.05) is 26.2 Å². The summed E-state index contributed by atoms with van der Waals surface area (Å²) in [6.45, 7) is 2.99. The SMILES string of the molecule is CCCCCCNc1scnc1C(=O)O. The summed E-state index contributed by atoms with van der Waals surface area (Å²) in [7, 11) is 0. The van der Waals surface area contributed by atoms with Gasteiger partial charge in [-0.05, 0) is 6.42 Å². The van der Waals surface area contributed by atoms with Crippen molar-refractivity contribution >= 4 is 22.3 Å². The molecule has 0 spiro atoms. The number of aromatic carboxylic acids is 1. The first-order valence-corrected chi connectivity index (χ1v) is 6.04. The van der Waals surface area contributed by atoms with Gasteiger partial charge in [-0.3, -0.25) is 0 Å². The number of carboxylic acid groups (broad SMARTS) is 1. The van der Waals surface area contributed by atoms with Crippen molar-refractivity contribution in [3.8, 4) is 0 Å². The van der Waals surface area contributed by atoms with Gasteiger partial charge in [0, 0.05) is 6.54 Å². The summed E-state index contributed by atoms with van der Waals surface area (Å²) in [5, 5.41) is 12.6. The van der Waals surface area contributed by atoms with Crippen molar-refractivity contribution in [1.29, 1.82) is 0 Å². The molecule has 0 saturated carbocycles. The van der Waals surface area contributed by atoms with Gasteiger partial charge in [-0.25, -0.2) is 9.78 Å². The average Bonchev–Trinajstić information content (AvgIpc) is 2.66. The molecule has 0 amide bonds. The summed E-state index contributed by atoms with van der Waals surface area (Å²) in [5.74, 6) is -0.965. The first-order chi connectivity index (χ1) is 7.25. The van der Waals surface area contributed by atoms with Gasteiger partial charge in [-0.2, -0.15) is 0 Å². The number of hydrogen-bond acceptors (Lipinski definition) is 4. The molecule has 0 aliphatic heterocycles. The minimum Gasteiger partial charge on any atom is -0.476 e. The van der Waals surface area contributed by atoms with Crippen molar-refractivity contribution in [3.05, 3.63) is 11.2 Å². The van der Waals surface area contributed by atoms with Gasteiger partial charge in [0.25, 0.3) is 0 Å². The molecule has 0 atom stereocenters. The number of nitrogens with zero attached hydrogens (tertiary/aromatic N) is 1. The van der Waals surface area contributed by atoms with Gasteiger partial charge < -0.3 is 10.4 Å². The number of aromatic nitrogens is 1. The van der Waals surface area contributed by atoms with Crippen LogP contribution in [0.25, 0.3) is 0 Å². The smallest absolute Gasteiger partial charge is 0.357 e. The van der Waals surface area contributed by atoms with Crippen LogP contribution >= 0.6 is 11.3 Å². The molecule has 0 saturated heterocycles. The molecule has 1 aromatic rings. The van der Waals surface area contributed by atoms with Gasteiger partial charge in [-0.15, -0.1) is 11.3 Å². The molecule has 1 heterocycles. The number of unbranched alkanes of at least 4 members (excludes halogenated alkanes) is 3. The molecule has 0 fully saturated rings. The van der Waals surface area contributed by atoms with E-state index < -0.39 is 5.97 Å². The topological polar surface area (TPSA) is 62.2 Å². The van der Waals surface area contributed by atoms with Crippen LogP contribution in [-0.2, 0) is 0 Å². The fourth-order valence-corrected chi connectivity index (χ4v) is 1.98. The highest BCUT2D eigenvalue weighted by atomic mass is 32.1. The van der Waals surface area contributed by atoms with E-state index >= 15 is 0 Å². The molecule has 1 rings (SSSR count). The predicted octanol–water partition coefficient (Wildman–Crippen LogP) is 2.83. The molecule has 4 nitrogen and oxygen atoms in total. The summed E-state index contributed by atoms with van der Waals surface area (Å²) in [6.07, 6.45) is 4.70. The number of carboxylic acids is 1. The third-order valence-electron chi connectivity index (χ3n) is 2.09. The third kappa shape index (κ3) is 3.87. The quantitative estimate of drug-likeness (QED) is 0.704. The Kier molecular flexibility index (Phi) is 5.10.